The molecular weight excluding hydrogens is 354 g/mol. The van der Waals surface area contributed by atoms with Gasteiger partial charge in [-0.25, -0.2) is 0 Å². The Labute approximate surface area is 163 Å². The molecule has 2 fully saturated rings. The number of benzene rings is 2. The first-order valence-electron chi connectivity index (χ1n) is 9.68. The van der Waals surface area contributed by atoms with Crippen molar-refractivity contribution in [2.45, 2.75) is 32.1 Å². The van der Waals surface area contributed by atoms with Crippen molar-refractivity contribution in [1.82, 2.24) is 0 Å². The van der Waals surface area contributed by atoms with Gasteiger partial charge in [-0.3, -0.25) is 14.4 Å². The largest absolute Gasteiger partial charge is 0.326 e. The first-order chi connectivity index (χ1) is 13.6. The third kappa shape index (κ3) is 4.39. The second kappa shape index (κ2) is 7.84. The van der Waals surface area contributed by atoms with Gasteiger partial charge in [0.2, 0.25) is 17.7 Å². The maximum atomic E-state index is 12.3. The van der Waals surface area contributed by atoms with Crippen molar-refractivity contribution in [3.05, 3.63) is 54.1 Å². The molecule has 144 valence electrons. The Bertz CT molecular complexity index is 886. The van der Waals surface area contributed by atoms with Gasteiger partial charge >= 0.3 is 0 Å². The standard InChI is InChI=1S/C22H23N3O3/c26-20(14-15-3-11-19(12-4-15)25-13-1-2-21(25)27)23-17-7-9-18(10-8-17)24-22(28)16-5-6-16/h3-4,7-12,16H,1-2,5-6,13-14H2,(H,23,26)(H,24,28). The van der Waals surface area contributed by atoms with Crippen LogP contribution < -0.4 is 15.5 Å². The summed E-state index contributed by atoms with van der Waals surface area (Å²) in [7, 11) is 0. The number of carbonyl (C=O) groups excluding carboxylic acids is 3. The van der Waals surface area contributed by atoms with Crippen LogP contribution in [0.5, 0.6) is 0 Å². The molecule has 1 aliphatic carbocycles. The zero-order chi connectivity index (χ0) is 19.5. The molecule has 2 aromatic rings. The summed E-state index contributed by atoms with van der Waals surface area (Å²) < 4.78 is 0. The number of hydrogen-bond donors (Lipinski definition) is 2. The van der Waals surface area contributed by atoms with Crippen LogP contribution in [0.1, 0.15) is 31.2 Å². The summed E-state index contributed by atoms with van der Waals surface area (Å²) in [6.45, 7) is 0.760. The molecule has 1 saturated heterocycles. The van der Waals surface area contributed by atoms with Gasteiger partial charge in [0.25, 0.3) is 0 Å². The minimum atomic E-state index is -0.111. The molecule has 2 N–H and O–H groups in total. The highest BCUT2D eigenvalue weighted by Gasteiger charge is 2.29. The SMILES string of the molecule is O=C(Cc1ccc(N2CCCC2=O)cc1)Nc1ccc(NC(=O)C2CC2)cc1. The van der Waals surface area contributed by atoms with Crippen LogP contribution in [0.2, 0.25) is 0 Å². The van der Waals surface area contributed by atoms with Crippen LogP contribution in [0.25, 0.3) is 0 Å². The fraction of sp³-hybridized carbons (Fsp3) is 0.318. The molecule has 0 unspecified atom stereocenters. The van der Waals surface area contributed by atoms with Gasteiger partial charge in [-0.1, -0.05) is 12.1 Å². The number of nitrogens with zero attached hydrogens (tertiary/aromatic N) is 1. The molecule has 1 aliphatic heterocycles. The van der Waals surface area contributed by atoms with Crippen LogP contribution in [0, 0.1) is 5.92 Å². The van der Waals surface area contributed by atoms with E-state index in [0.717, 1.165) is 42.7 Å². The Morgan fingerprint density at radius 2 is 1.57 bits per heavy atom. The lowest BCUT2D eigenvalue weighted by atomic mass is 10.1. The van der Waals surface area contributed by atoms with E-state index in [1.165, 1.54) is 0 Å². The average Bonchev–Trinajstić information content (AvgIpc) is 3.46. The number of rotatable bonds is 6. The summed E-state index contributed by atoms with van der Waals surface area (Å²) in [4.78, 5) is 37.6. The second-order valence-electron chi connectivity index (χ2n) is 7.38. The Morgan fingerprint density at radius 1 is 0.929 bits per heavy atom. The number of nitrogens with one attached hydrogen (secondary N) is 2. The minimum absolute atomic E-state index is 0.0656. The first kappa shape index (κ1) is 18.2. The molecule has 2 aromatic carbocycles. The van der Waals surface area contributed by atoms with Crippen LogP contribution >= 0.6 is 0 Å². The molecule has 2 aliphatic rings. The quantitative estimate of drug-likeness (QED) is 0.810. The molecule has 0 atom stereocenters. The van der Waals surface area contributed by atoms with Crippen molar-refractivity contribution in [3.63, 3.8) is 0 Å². The van der Waals surface area contributed by atoms with Gasteiger partial charge in [0, 0.05) is 35.9 Å². The molecule has 0 bridgehead atoms. The zero-order valence-electron chi connectivity index (χ0n) is 15.6. The van der Waals surface area contributed by atoms with E-state index in [1.54, 1.807) is 29.2 Å². The summed E-state index contributed by atoms with van der Waals surface area (Å²) in [5.74, 6) is 0.271. The maximum Gasteiger partial charge on any atom is 0.228 e. The van der Waals surface area contributed by atoms with E-state index >= 15 is 0 Å². The molecule has 28 heavy (non-hydrogen) atoms. The van der Waals surface area contributed by atoms with Gasteiger partial charge in [-0.05, 0) is 61.2 Å². The Kier molecular flexibility index (Phi) is 5.10. The molecule has 0 radical (unpaired) electrons. The van der Waals surface area contributed by atoms with Gasteiger partial charge < -0.3 is 15.5 Å². The highest BCUT2D eigenvalue weighted by Crippen LogP contribution is 2.30. The Balaban J connectivity index is 1.30. The number of anilines is 3. The smallest absolute Gasteiger partial charge is 0.228 e. The van der Waals surface area contributed by atoms with Crippen molar-refractivity contribution in [1.29, 1.82) is 0 Å². The summed E-state index contributed by atoms with van der Waals surface area (Å²) in [6.07, 6.45) is 3.69. The molecule has 6 nitrogen and oxygen atoms in total. The maximum absolute atomic E-state index is 12.3. The number of hydrogen-bond acceptors (Lipinski definition) is 3. The lowest BCUT2D eigenvalue weighted by molar-refractivity contribution is -0.118. The van der Waals surface area contributed by atoms with E-state index in [9.17, 15) is 14.4 Å². The molecule has 1 saturated carbocycles. The van der Waals surface area contributed by atoms with Gasteiger partial charge in [0.1, 0.15) is 0 Å². The number of amides is 3. The van der Waals surface area contributed by atoms with Crippen molar-refractivity contribution in [2.75, 3.05) is 22.1 Å². The molecule has 0 spiro atoms. The Hall–Kier alpha value is -3.15. The summed E-state index contributed by atoms with van der Waals surface area (Å²) >= 11 is 0. The van der Waals surface area contributed by atoms with Crippen molar-refractivity contribution in [3.8, 4) is 0 Å². The van der Waals surface area contributed by atoms with Gasteiger partial charge in [-0.15, -0.1) is 0 Å². The van der Waals surface area contributed by atoms with Crippen molar-refractivity contribution >= 4 is 34.8 Å². The predicted molar refractivity (Wildman–Crippen MR) is 108 cm³/mol. The van der Waals surface area contributed by atoms with Crippen LogP contribution in [-0.2, 0) is 20.8 Å². The van der Waals surface area contributed by atoms with Crippen molar-refractivity contribution in [2.24, 2.45) is 5.92 Å². The minimum Gasteiger partial charge on any atom is -0.326 e. The van der Waals surface area contributed by atoms with Crippen LogP contribution in [0.3, 0.4) is 0 Å². The van der Waals surface area contributed by atoms with Gasteiger partial charge in [0.05, 0.1) is 6.42 Å². The topological polar surface area (TPSA) is 78.5 Å². The summed E-state index contributed by atoms with van der Waals surface area (Å²) in [5, 5.41) is 5.74. The summed E-state index contributed by atoms with van der Waals surface area (Å²) in [5.41, 5.74) is 3.20. The van der Waals surface area contributed by atoms with E-state index < -0.39 is 0 Å². The first-order valence-corrected chi connectivity index (χ1v) is 9.68. The van der Waals surface area contributed by atoms with Crippen LogP contribution in [0.15, 0.2) is 48.5 Å². The van der Waals surface area contributed by atoms with Gasteiger partial charge in [0.15, 0.2) is 0 Å². The van der Waals surface area contributed by atoms with Crippen LogP contribution in [-0.4, -0.2) is 24.3 Å². The Morgan fingerprint density at radius 3 is 2.14 bits per heavy atom. The fourth-order valence-corrected chi connectivity index (χ4v) is 3.33. The molecule has 0 aromatic heterocycles. The molecule has 6 heteroatoms. The van der Waals surface area contributed by atoms with Crippen molar-refractivity contribution < 1.29 is 14.4 Å². The molecule has 1 heterocycles. The third-order valence-corrected chi connectivity index (χ3v) is 5.07. The lowest BCUT2D eigenvalue weighted by Gasteiger charge is -2.15. The van der Waals surface area contributed by atoms with Crippen LogP contribution in [0.4, 0.5) is 17.1 Å². The predicted octanol–water partition coefficient (Wildman–Crippen LogP) is 3.34. The van der Waals surface area contributed by atoms with E-state index in [-0.39, 0.29) is 30.1 Å². The third-order valence-electron chi connectivity index (χ3n) is 5.07. The monoisotopic (exact) mass is 377 g/mol. The zero-order valence-corrected chi connectivity index (χ0v) is 15.6. The summed E-state index contributed by atoms with van der Waals surface area (Å²) in [6, 6.07) is 14.7. The number of carbonyl (C=O) groups is 3. The van der Waals surface area contributed by atoms with E-state index in [1.807, 2.05) is 24.3 Å². The molecular formula is C22H23N3O3. The normalized spacial score (nSPS) is 16.1. The average molecular weight is 377 g/mol. The lowest BCUT2D eigenvalue weighted by Crippen LogP contribution is -2.23. The van der Waals surface area contributed by atoms with E-state index in [2.05, 4.69) is 10.6 Å². The highest BCUT2D eigenvalue weighted by molar-refractivity contribution is 5.96. The second-order valence-corrected chi connectivity index (χ2v) is 7.38. The molecule has 3 amide bonds. The van der Waals surface area contributed by atoms with Gasteiger partial charge in [-0.2, -0.15) is 0 Å². The van der Waals surface area contributed by atoms with E-state index in [4.69, 9.17) is 0 Å². The van der Waals surface area contributed by atoms with E-state index in [0.29, 0.717) is 12.1 Å². The highest BCUT2D eigenvalue weighted by atomic mass is 16.2. The molecule has 4 rings (SSSR count). The fourth-order valence-electron chi connectivity index (χ4n) is 3.33.